The molecular weight excluding hydrogens is 358 g/mol. The van der Waals surface area contributed by atoms with E-state index < -0.39 is 0 Å². The molecule has 0 aromatic heterocycles. The van der Waals surface area contributed by atoms with Crippen LogP contribution in [-0.2, 0) is 21.9 Å². The first-order valence-electron chi connectivity index (χ1n) is 6.06. The number of hydrogen-bond acceptors (Lipinski definition) is 0. The zero-order chi connectivity index (χ0) is 11.4. The molecule has 18 heavy (non-hydrogen) atoms. The van der Waals surface area contributed by atoms with Crippen molar-refractivity contribution in [1.82, 2.24) is 0 Å². The Bertz CT molecular complexity index is 427. The summed E-state index contributed by atoms with van der Waals surface area (Å²) in [7, 11) is 0. The van der Waals surface area contributed by atoms with Crippen molar-refractivity contribution in [3.8, 4) is 0 Å². The summed E-state index contributed by atoms with van der Waals surface area (Å²) in [4.78, 5) is 0. The maximum Gasteiger partial charge on any atom is -1.00 e. The summed E-state index contributed by atoms with van der Waals surface area (Å²) in [5, 5.41) is 0. The summed E-state index contributed by atoms with van der Waals surface area (Å²) in [5.74, 6) is 0. The van der Waals surface area contributed by atoms with E-state index in [1.807, 2.05) is 3.28 Å². The molecular formula is C14H19Cl2SiZr. The quantitative estimate of drug-likeness (QED) is 0.508. The van der Waals surface area contributed by atoms with Gasteiger partial charge in [0.15, 0.2) is 0 Å². The Morgan fingerprint density at radius 1 is 1.11 bits per heavy atom. The Morgan fingerprint density at radius 2 is 1.89 bits per heavy atom. The Balaban J connectivity index is 0.00000144. The van der Waals surface area contributed by atoms with Crippen LogP contribution in [0.4, 0.5) is 0 Å². The van der Waals surface area contributed by atoms with Gasteiger partial charge < -0.3 is 24.8 Å². The Morgan fingerprint density at radius 3 is 2.50 bits per heavy atom. The molecule has 0 radical (unpaired) electrons. The van der Waals surface area contributed by atoms with Gasteiger partial charge in [-0.25, -0.2) is 0 Å². The van der Waals surface area contributed by atoms with Gasteiger partial charge in [0.1, 0.15) is 0 Å². The molecule has 0 N–H and O–H groups in total. The van der Waals surface area contributed by atoms with E-state index in [2.05, 4.69) is 43.5 Å². The molecule has 0 fully saturated rings. The zero-order valence-electron chi connectivity index (χ0n) is 11.0. The molecule has 0 aromatic rings. The molecule has 0 saturated heterocycles. The van der Waals surface area contributed by atoms with Crippen molar-refractivity contribution in [3.05, 3.63) is 44.8 Å². The molecule has 0 spiro atoms. The van der Waals surface area contributed by atoms with Gasteiger partial charge in [0.2, 0.25) is 0 Å². The summed E-state index contributed by atoms with van der Waals surface area (Å²) in [6.45, 7) is 4.98. The predicted octanol–water partition coefficient (Wildman–Crippen LogP) is -1.79. The largest absolute Gasteiger partial charge is 1.00 e. The van der Waals surface area contributed by atoms with Crippen molar-refractivity contribution < 1.29 is 46.7 Å². The molecule has 4 heteroatoms. The number of allylic oxidation sites excluding steroid dienone is 8. The summed E-state index contributed by atoms with van der Waals surface area (Å²) in [6, 6.07) is 0. The van der Waals surface area contributed by atoms with Crippen molar-refractivity contribution in [2.24, 2.45) is 0 Å². The van der Waals surface area contributed by atoms with Crippen LogP contribution in [0.3, 0.4) is 0 Å². The molecule has 2 aliphatic carbocycles. The van der Waals surface area contributed by atoms with E-state index in [4.69, 9.17) is 0 Å². The molecule has 2 aliphatic rings. The van der Waals surface area contributed by atoms with Gasteiger partial charge in [0, 0.05) is 0 Å². The first-order valence-corrected chi connectivity index (χ1v) is 13.5. The second-order valence-corrected chi connectivity index (χ2v) is 17.6. The molecule has 0 aliphatic heterocycles. The topological polar surface area (TPSA) is 0 Å². The maximum atomic E-state index is 2.49. The molecule has 2 rings (SSSR count). The molecule has 0 saturated carbocycles. The molecule has 97 valence electrons. The van der Waals surface area contributed by atoms with Crippen LogP contribution in [0.15, 0.2) is 44.8 Å². The minimum Gasteiger partial charge on any atom is -1.00 e. The van der Waals surface area contributed by atoms with E-state index in [9.17, 15) is 0 Å². The number of hydrogen-bond donors (Lipinski definition) is 0. The predicted molar refractivity (Wildman–Crippen MR) is 69.3 cm³/mol. The van der Waals surface area contributed by atoms with Crippen LogP contribution in [-0.4, -0.2) is 5.43 Å². The van der Waals surface area contributed by atoms with Gasteiger partial charge in [-0.15, -0.1) is 0 Å². The fourth-order valence-electron chi connectivity index (χ4n) is 2.19. The van der Waals surface area contributed by atoms with E-state index in [1.165, 1.54) is 25.7 Å². The second kappa shape index (κ2) is 9.53. The van der Waals surface area contributed by atoms with Crippen LogP contribution in [0.25, 0.3) is 0 Å². The third-order valence-electron chi connectivity index (χ3n) is 2.99. The van der Waals surface area contributed by atoms with E-state index in [-0.39, 0.29) is 52.1 Å². The normalized spacial score (nSPS) is 16.0. The maximum absolute atomic E-state index is 2.49. The van der Waals surface area contributed by atoms with Crippen LogP contribution in [0.2, 0.25) is 13.1 Å². The average Bonchev–Trinajstić information content (AvgIpc) is 2.84. The fraction of sp³-hybridized carbons (Fsp3) is 0.429. The van der Waals surface area contributed by atoms with Crippen molar-refractivity contribution in [1.29, 1.82) is 0 Å². The van der Waals surface area contributed by atoms with Crippen molar-refractivity contribution in [2.45, 2.75) is 38.8 Å². The minimum absolute atomic E-state index is 0. The third kappa shape index (κ3) is 5.74. The van der Waals surface area contributed by atoms with E-state index in [0.717, 1.165) is 0 Å². The molecule has 0 atom stereocenters. The van der Waals surface area contributed by atoms with Gasteiger partial charge in [-0.3, -0.25) is 0 Å². The first-order chi connectivity index (χ1) is 7.75. The van der Waals surface area contributed by atoms with Gasteiger partial charge in [-0.1, -0.05) is 0 Å². The van der Waals surface area contributed by atoms with Crippen molar-refractivity contribution >= 4 is 5.43 Å². The van der Waals surface area contributed by atoms with Gasteiger partial charge in [0.05, 0.1) is 0 Å². The number of halogens is 2. The summed E-state index contributed by atoms with van der Waals surface area (Å²) < 4.78 is 1.90. The second-order valence-electron chi connectivity index (χ2n) is 4.69. The van der Waals surface area contributed by atoms with Crippen LogP contribution in [0, 0.1) is 0 Å². The minimum atomic E-state index is -0.166. The van der Waals surface area contributed by atoms with Gasteiger partial charge in [-0.2, -0.15) is 0 Å². The number of rotatable bonds is 4. The molecule has 0 aromatic carbocycles. The monoisotopic (exact) mass is 375 g/mol. The van der Waals surface area contributed by atoms with E-state index in [1.54, 1.807) is 11.1 Å². The third-order valence-corrected chi connectivity index (χ3v) is 11.0. The summed E-state index contributed by atoms with van der Waals surface area (Å²) in [6.07, 6.45) is 16.6. The van der Waals surface area contributed by atoms with E-state index >= 15 is 0 Å². The smallest absolute Gasteiger partial charge is 1.00 e. The summed E-state index contributed by atoms with van der Waals surface area (Å²) in [5.41, 5.74) is 3.39. The molecule has 0 unspecified atom stereocenters. The molecule has 0 amide bonds. The first kappa shape index (κ1) is 18.6. The fourth-order valence-corrected chi connectivity index (χ4v) is 10.2. The van der Waals surface area contributed by atoms with Crippen LogP contribution < -0.4 is 24.8 Å². The zero-order valence-corrected chi connectivity index (χ0v) is 15.9. The molecule has 0 nitrogen and oxygen atoms in total. The Kier molecular flexibility index (Phi) is 9.87. The van der Waals surface area contributed by atoms with Gasteiger partial charge in [0.25, 0.3) is 0 Å². The average molecular weight is 378 g/mol. The SMILES string of the molecule is C[Si](C)=[Zr+2][C]1=C(CCC2=CC=CC2)C=CC1.[Cl-].[Cl-]. The Labute approximate surface area is 135 Å². The van der Waals surface area contributed by atoms with E-state index in [0.29, 0.717) is 0 Å². The van der Waals surface area contributed by atoms with Crippen LogP contribution in [0.5, 0.6) is 0 Å². The molecule has 0 bridgehead atoms. The van der Waals surface area contributed by atoms with Crippen molar-refractivity contribution in [2.75, 3.05) is 0 Å². The van der Waals surface area contributed by atoms with Gasteiger partial charge >= 0.3 is 111 Å². The van der Waals surface area contributed by atoms with Crippen LogP contribution in [0.1, 0.15) is 25.7 Å². The standard InChI is InChI=1S/C12H13.C2H6Si.2ClH.Zr/c1-2-6-11(5-1)9-10-12-7-3-4-8-12;1-3-2;;;/h1-3,5,7H,4,6,9-10H2;1-2H3;2*1H;/q;;;;+2/p-2. The Hall–Kier alpha value is 0.640. The molecule has 0 heterocycles. The summed E-state index contributed by atoms with van der Waals surface area (Å²) >= 11 is -0.166. The van der Waals surface area contributed by atoms with Crippen LogP contribution >= 0.6 is 0 Å². The van der Waals surface area contributed by atoms with Crippen molar-refractivity contribution in [3.63, 3.8) is 0 Å². The van der Waals surface area contributed by atoms with Gasteiger partial charge in [-0.05, 0) is 0 Å².